The van der Waals surface area contributed by atoms with Crippen molar-refractivity contribution in [1.82, 2.24) is 9.73 Å². The van der Waals surface area contributed by atoms with Crippen molar-refractivity contribution < 1.29 is 17.9 Å². The zero-order valence-corrected chi connectivity index (χ0v) is 20.6. The molecule has 0 radical (unpaired) electrons. The van der Waals surface area contributed by atoms with Crippen LogP contribution in [0.25, 0.3) is 0 Å². The van der Waals surface area contributed by atoms with Gasteiger partial charge in [0.2, 0.25) is 10.0 Å². The molecule has 0 unspecified atom stereocenters. The van der Waals surface area contributed by atoms with Crippen molar-refractivity contribution in [2.45, 2.75) is 63.8 Å². The average molecular weight is 472 g/mol. The van der Waals surface area contributed by atoms with Crippen LogP contribution in [0.1, 0.15) is 54.4 Å². The zero-order chi connectivity index (χ0) is 24.0. The lowest BCUT2D eigenvalue weighted by molar-refractivity contribution is -0.121. The van der Waals surface area contributed by atoms with Gasteiger partial charge in [-0.1, -0.05) is 49.1 Å². The third kappa shape index (κ3) is 6.21. The number of hydrazone groups is 1. The van der Waals surface area contributed by atoms with E-state index in [-0.39, 0.29) is 12.6 Å². The first kappa shape index (κ1) is 24.9. The fraction of sp³-hybridized carbons (Fsp3) is 0.440. The maximum atomic E-state index is 13.8. The number of ether oxygens (including phenoxy) is 1. The monoisotopic (exact) mass is 471 g/mol. The zero-order valence-electron chi connectivity index (χ0n) is 19.8. The number of benzene rings is 2. The molecular weight excluding hydrogens is 438 g/mol. The topological polar surface area (TPSA) is 88.1 Å². The van der Waals surface area contributed by atoms with E-state index in [2.05, 4.69) is 10.5 Å². The number of nitrogens with zero attached hydrogens (tertiary/aromatic N) is 2. The van der Waals surface area contributed by atoms with Crippen molar-refractivity contribution >= 4 is 22.1 Å². The number of aryl methyl sites for hydroxylation is 3. The largest absolute Gasteiger partial charge is 0.497 e. The maximum absolute atomic E-state index is 13.8. The van der Waals surface area contributed by atoms with E-state index in [0.29, 0.717) is 21.8 Å². The molecule has 1 saturated carbocycles. The summed E-state index contributed by atoms with van der Waals surface area (Å²) in [6.45, 7) is 5.30. The van der Waals surface area contributed by atoms with Gasteiger partial charge in [-0.15, -0.1) is 0 Å². The summed E-state index contributed by atoms with van der Waals surface area (Å²) in [5.74, 6) is 0.217. The highest BCUT2D eigenvalue weighted by Gasteiger charge is 2.35. The highest BCUT2D eigenvalue weighted by molar-refractivity contribution is 7.89. The molecule has 1 aliphatic carbocycles. The fourth-order valence-electron chi connectivity index (χ4n) is 4.55. The first-order chi connectivity index (χ1) is 15.7. The minimum absolute atomic E-state index is 0.197. The number of carbonyl (C=O) groups excluding carboxylic acids is 1. The molecule has 33 heavy (non-hydrogen) atoms. The Bertz CT molecular complexity index is 1100. The molecule has 0 saturated heterocycles. The Balaban J connectivity index is 1.82. The van der Waals surface area contributed by atoms with Gasteiger partial charge in [-0.3, -0.25) is 4.79 Å². The maximum Gasteiger partial charge on any atom is 0.255 e. The van der Waals surface area contributed by atoms with E-state index < -0.39 is 15.9 Å². The number of sulfonamides is 1. The molecule has 0 atom stereocenters. The summed E-state index contributed by atoms with van der Waals surface area (Å²) >= 11 is 0. The molecule has 0 spiro atoms. The lowest BCUT2D eigenvalue weighted by Crippen LogP contribution is -2.46. The second-order valence-electron chi connectivity index (χ2n) is 8.64. The minimum Gasteiger partial charge on any atom is -0.497 e. The van der Waals surface area contributed by atoms with E-state index in [1.807, 2.05) is 51.1 Å². The molecule has 2 aromatic carbocycles. The summed E-state index contributed by atoms with van der Waals surface area (Å²) in [7, 11) is -2.28. The number of methoxy groups -OCH3 is 1. The van der Waals surface area contributed by atoms with Crippen LogP contribution in [0.15, 0.2) is 46.4 Å². The van der Waals surface area contributed by atoms with Gasteiger partial charge in [0.25, 0.3) is 5.91 Å². The molecular formula is C25H33N3O4S. The number of rotatable bonds is 8. The van der Waals surface area contributed by atoms with Gasteiger partial charge in [0.1, 0.15) is 5.75 Å². The first-order valence-corrected chi connectivity index (χ1v) is 12.7. The lowest BCUT2D eigenvalue weighted by Gasteiger charge is -2.33. The Morgan fingerprint density at radius 2 is 1.79 bits per heavy atom. The van der Waals surface area contributed by atoms with Crippen LogP contribution < -0.4 is 10.2 Å². The van der Waals surface area contributed by atoms with Gasteiger partial charge < -0.3 is 4.74 Å². The summed E-state index contributed by atoms with van der Waals surface area (Å²) < 4.78 is 34.1. The van der Waals surface area contributed by atoms with E-state index in [1.54, 1.807) is 13.2 Å². The first-order valence-electron chi connectivity index (χ1n) is 11.3. The molecule has 0 aromatic heterocycles. The molecule has 2 aromatic rings. The minimum atomic E-state index is -3.86. The Morgan fingerprint density at radius 1 is 1.12 bits per heavy atom. The highest BCUT2D eigenvalue weighted by Crippen LogP contribution is 2.31. The summed E-state index contributed by atoms with van der Waals surface area (Å²) in [5.41, 5.74) is 5.65. The predicted octanol–water partition coefficient (Wildman–Crippen LogP) is 4.09. The van der Waals surface area contributed by atoms with Gasteiger partial charge in [-0.25, -0.2) is 13.8 Å². The Labute approximate surface area is 196 Å². The molecule has 0 aliphatic heterocycles. The standard InChI is InChI=1S/C25H33N3O4S/c1-18-13-19(2)25(20(3)14-18)33(30,31)28(22-10-6-5-7-11-22)17-24(29)27-26-16-21-9-8-12-23(15-21)32-4/h8-9,12-16,22H,5-7,10-11,17H2,1-4H3,(H,27,29). The summed E-state index contributed by atoms with van der Waals surface area (Å²) in [6, 6.07) is 10.8. The van der Waals surface area contributed by atoms with Crippen molar-refractivity contribution in [1.29, 1.82) is 0 Å². The van der Waals surface area contributed by atoms with Gasteiger partial charge in [0, 0.05) is 6.04 Å². The van der Waals surface area contributed by atoms with Crippen molar-refractivity contribution in [3.05, 3.63) is 58.7 Å². The third-order valence-electron chi connectivity index (χ3n) is 5.95. The van der Waals surface area contributed by atoms with Gasteiger partial charge in [0.05, 0.1) is 24.8 Å². The van der Waals surface area contributed by atoms with E-state index in [4.69, 9.17) is 4.74 Å². The van der Waals surface area contributed by atoms with E-state index in [9.17, 15) is 13.2 Å². The second-order valence-corrected chi connectivity index (χ2v) is 10.5. The number of hydrogen-bond acceptors (Lipinski definition) is 5. The molecule has 0 heterocycles. The SMILES string of the molecule is COc1cccc(C=NNC(=O)CN(C2CCCCC2)S(=O)(=O)c2c(C)cc(C)cc2C)c1. The Hall–Kier alpha value is -2.71. The second kappa shape index (κ2) is 10.9. The van der Waals surface area contributed by atoms with Crippen molar-refractivity contribution in [3.8, 4) is 5.75 Å². The van der Waals surface area contributed by atoms with Crippen LogP contribution in [0.2, 0.25) is 0 Å². The molecule has 1 N–H and O–H groups in total. The lowest BCUT2D eigenvalue weighted by atomic mass is 9.95. The smallest absolute Gasteiger partial charge is 0.255 e. The number of amides is 1. The number of carbonyl (C=O) groups is 1. The van der Waals surface area contributed by atoms with Gasteiger partial charge in [-0.2, -0.15) is 9.41 Å². The van der Waals surface area contributed by atoms with Crippen LogP contribution in [0.3, 0.4) is 0 Å². The Kier molecular flexibility index (Phi) is 8.26. The van der Waals surface area contributed by atoms with Gasteiger partial charge >= 0.3 is 0 Å². The molecule has 1 fully saturated rings. The van der Waals surface area contributed by atoms with Gasteiger partial charge in [-0.05, 0) is 62.4 Å². The van der Waals surface area contributed by atoms with Crippen LogP contribution >= 0.6 is 0 Å². The predicted molar refractivity (Wildman–Crippen MR) is 130 cm³/mol. The number of hydrogen-bond donors (Lipinski definition) is 1. The molecule has 178 valence electrons. The van der Waals surface area contributed by atoms with Crippen LogP contribution in [0.5, 0.6) is 5.75 Å². The molecule has 3 rings (SSSR count). The molecule has 7 nitrogen and oxygen atoms in total. The third-order valence-corrected chi connectivity index (χ3v) is 8.15. The van der Waals surface area contributed by atoms with Crippen molar-refractivity contribution in [3.63, 3.8) is 0 Å². The van der Waals surface area contributed by atoms with Crippen LogP contribution in [-0.4, -0.2) is 44.5 Å². The van der Waals surface area contributed by atoms with Crippen molar-refractivity contribution in [2.24, 2.45) is 5.10 Å². The quantitative estimate of drug-likeness (QED) is 0.464. The van der Waals surface area contributed by atoms with Crippen LogP contribution in [0, 0.1) is 20.8 Å². The normalized spacial score (nSPS) is 15.2. The molecule has 8 heteroatoms. The summed E-state index contributed by atoms with van der Waals surface area (Å²) in [6.07, 6.45) is 6.02. The summed E-state index contributed by atoms with van der Waals surface area (Å²) in [4.78, 5) is 13.1. The van der Waals surface area contributed by atoms with Crippen LogP contribution in [0.4, 0.5) is 0 Å². The molecule has 1 amide bonds. The average Bonchev–Trinajstić information content (AvgIpc) is 2.77. The highest BCUT2D eigenvalue weighted by atomic mass is 32.2. The molecule has 0 bridgehead atoms. The summed E-state index contributed by atoms with van der Waals surface area (Å²) in [5, 5.41) is 4.02. The van der Waals surface area contributed by atoms with Gasteiger partial charge in [0.15, 0.2) is 0 Å². The van der Waals surface area contributed by atoms with Crippen LogP contribution in [-0.2, 0) is 14.8 Å². The number of nitrogens with one attached hydrogen (secondary N) is 1. The van der Waals surface area contributed by atoms with E-state index >= 15 is 0 Å². The van der Waals surface area contributed by atoms with E-state index in [0.717, 1.165) is 43.2 Å². The molecule has 1 aliphatic rings. The Morgan fingerprint density at radius 3 is 2.42 bits per heavy atom. The fourth-order valence-corrected chi connectivity index (χ4v) is 6.60. The van der Waals surface area contributed by atoms with E-state index in [1.165, 1.54) is 10.5 Å². The van der Waals surface area contributed by atoms with Crippen molar-refractivity contribution in [2.75, 3.05) is 13.7 Å².